The highest BCUT2D eigenvalue weighted by molar-refractivity contribution is 5.82. The van der Waals surface area contributed by atoms with Crippen molar-refractivity contribution in [2.45, 2.75) is 64.6 Å². The lowest BCUT2D eigenvalue weighted by atomic mass is 10.00. The summed E-state index contributed by atoms with van der Waals surface area (Å²) in [7, 11) is 0. The van der Waals surface area contributed by atoms with E-state index < -0.39 is 0 Å². The summed E-state index contributed by atoms with van der Waals surface area (Å²) in [5, 5.41) is 13.1. The molecule has 0 bridgehead atoms. The van der Waals surface area contributed by atoms with Crippen LogP contribution in [0.4, 0.5) is 0 Å². The summed E-state index contributed by atoms with van der Waals surface area (Å²) in [4.78, 5) is 14.5. The number of aliphatic hydroxyl groups excluding tert-OH is 1. The summed E-state index contributed by atoms with van der Waals surface area (Å²) in [5.74, 6) is 1.08. The third-order valence-electron chi connectivity index (χ3n) is 5.12. The molecule has 4 atom stereocenters. The fraction of sp³-hybridized carbons (Fsp3) is 0.933. The molecule has 1 aliphatic heterocycles. The van der Waals surface area contributed by atoms with Gasteiger partial charge in [0.15, 0.2) is 0 Å². The van der Waals surface area contributed by atoms with Crippen molar-refractivity contribution in [2.75, 3.05) is 13.1 Å². The number of carbonyl (C=O) groups is 1. The molecule has 0 aromatic heterocycles. The van der Waals surface area contributed by atoms with Gasteiger partial charge < -0.3 is 10.4 Å². The Bertz CT molecular complexity index is 343. The van der Waals surface area contributed by atoms with Crippen LogP contribution >= 0.6 is 0 Å². The Morgan fingerprint density at radius 3 is 2.68 bits per heavy atom. The minimum absolute atomic E-state index is 0.0939. The van der Waals surface area contributed by atoms with E-state index in [2.05, 4.69) is 31.0 Å². The normalized spacial score (nSPS) is 33.2. The molecular formula is C15H28N2O2. The van der Waals surface area contributed by atoms with Crippen LogP contribution in [0.25, 0.3) is 0 Å². The zero-order valence-electron chi connectivity index (χ0n) is 12.6. The van der Waals surface area contributed by atoms with Crippen LogP contribution in [0.5, 0.6) is 0 Å². The number of carbonyl (C=O) groups excluding carboxylic acids is 1. The molecule has 0 aromatic carbocycles. The number of rotatable bonds is 4. The quantitative estimate of drug-likeness (QED) is 0.810. The van der Waals surface area contributed by atoms with Crippen molar-refractivity contribution in [2.24, 2.45) is 11.8 Å². The van der Waals surface area contributed by atoms with Crippen molar-refractivity contribution in [3.63, 3.8) is 0 Å². The van der Waals surface area contributed by atoms with Crippen LogP contribution in [0.1, 0.15) is 47.0 Å². The molecule has 2 fully saturated rings. The van der Waals surface area contributed by atoms with Gasteiger partial charge in [0.25, 0.3) is 0 Å². The molecule has 2 N–H and O–H groups in total. The Balaban J connectivity index is 1.91. The monoisotopic (exact) mass is 268 g/mol. The van der Waals surface area contributed by atoms with Gasteiger partial charge in [-0.2, -0.15) is 0 Å². The van der Waals surface area contributed by atoms with E-state index >= 15 is 0 Å². The number of likely N-dealkylation sites (tertiary alicyclic amines) is 1. The van der Waals surface area contributed by atoms with Crippen molar-refractivity contribution < 1.29 is 9.90 Å². The highest BCUT2D eigenvalue weighted by Gasteiger charge is 2.44. The molecule has 2 rings (SSSR count). The van der Waals surface area contributed by atoms with Crippen molar-refractivity contribution in [3.8, 4) is 0 Å². The molecule has 1 heterocycles. The summed E-state index contributed by atoms with van der Waals surface area (Å²) in [6.07, 6.45) is 2.82. The smallest absolute Gasteiger partial charge is 0.237 e. The molecule has 2 aliphatic rings. The summed E-state index contributed by atoms with van der Waals surface area (Å²) in [6, 6.07) is -0.0939. The molecule has 1 amide bonds. The maximum absolute atomic E-state index is 12.3. The number of fused-ring (bicyclic) bond motifs is 1. The van der Waals surface area contributed by atoms with Gasteiger partial charge in [0.2, 0.25) is 5.91 Å². The van der Waals surface area contributed by atoms with Gasteiger partial charge in [-0.15, -0.1) is 0 Å². The number of nitrogens with one attached hydrogen (secondary N) is 1. The van der Waals surface area contributed by atoms with E-state index in [0.29, 0.717) is 11.8 Å². The molecule has 110 valence electrons. The summed E-state index contributed by atoms with van der Waals surface area (Å²) >= 11 is 0. The second-order valence-electron chi connectivity index (χ2n) is 6.93. The lowest BCUT2D eigenvalue weighted by molar-refractivity contribution is -0.127. The Morgan fingerprint density at radius 1 is 1.42 bits per heavy atom. The fourth-order valence-electron chi connectivity index (χ4n) is 3.28. The maximum Gasteiger partial charge on any atom is 0.237 e. The minimum Gasteiger partial charge on any atom is -0.393 e. The topological polar surface area (TPSA) is 52.6 Å². The molecule has 4 unspecified atom stereocenters. The molecule has 4 heteroatoms. The number of hydrogen-bond donors (Lipinski definition) is 2. The molecule has 19 heavy (non-hydrogen) atoms. The first-order valence-corrected chi connectivity index (χ1v) is 7.58. The van der Waals surface area contributed by atoms with Crippen LogP contribution in [-0.4, -0.2) is 46.7 Å². The SMILES string of the molecule is CCC(C)(C)NC(=O)C(C)N1CC2CCC(O)C2C1. The van der Waals surface area contributed by atoms with Crippen molar-refractivity contribution >= 4 is 5.91 Å². The van der Waals surface area contributed by atoms with Gasteiger partial charge in [-0.05, 0) is 46.0 Å². The molecule has 1 saturated carbocycles. The average Bonchev–Trinajstić information content (AvgIpc) is 2.90. The van der Waals surface area contributed by atoms with Gasteiger partial charge in [0, 0.05) is 24.5 Å². The summed E-state index contributed by atoms with van der Waals surface area (Å²) < 4.78 is 0. The highest BCUT2D eigenvalue weighted by Crippen LogP contribution is 2.38. The van der Waals surface area contributed by atoms with E-state index in [1.807, 2.05) is 6.92 Å². The highest BCUT2D eigenvalue weighted by atomic mass is 16.3. The van der Waals surface area contributed by atoms with Gasteiger partial charge in [0.1, 0.15) is 0 Å². The second kappa shape index (κ2) is 5.41. The maximum atomic E-state index is 12.3. The van der Waals surface area contributed by atoms with Crippen LogP contribution in [-0.2, 0) is 4.79 Å². The third kappa shape index (κ3) is 3.11. The predicted molar refractivity (Wildman–Crippen MR) is 75.8 cm³/mol. The van der Waals surface area contributed by atoms with Gasteiger partial charge in [-0.25, -0.2) is 0 Å². The van der Waals surface area contributed by atoms with E-state index in [-0.39, 0.29) is 23.6 Å². The molecule has 0 radical (unpaired) electrons. The van der Waals surface area contributed by atoms with Gasteiger partial charge in [-0.3, -0.25) is 9.69 Å². The molecule has 1 aliphatic carbocycles. The van der Waals surface area contributed by atoms with Crippen LogP contribution in [0.15, 0.2) is 0 Å². The number of amides is 1. The van der Waals surface area contributed by atoms with E-state index in [0.717, 1.165) is 32.4 Å². The Hall–Kier alpha value is -0.610. The standard InChI is InChI=1S/C15H28N2O2/c1-5-15(3,4)16-14(19)10(2)17-8-11-6-7-13(18)12(11)9-17/h10-13,18H,5-9H2,1-4H3,(H,16,19). The Kier molecular flexibility index (Phi) is 4.21. The third-order valence-corrected chi connectivity index (χ3v) is 5.12. The largest absolute Gasteiger partial charge is 0.393 e. The van der Waals surface area contributed by atoms with Crippen LogP contribution in [0, 0.1) is 11.8 Å². The van der Waals surface area contributed by atoms with Crippen molar-refractivity contribution in [3.05, 3.63) is 0 Å². The fourth-order valence-corrected chi connectivity index (χ4v) is 3.28. The molecule has 1 saturated heterocycles. The second-order valence-corrected chi connectivity index (χ2v) is 6.93. The van der Waals surface area contributed by atoms with E-state index in [4.69, 9.17) is 0 Å². The van der Waals surface area contributed by atoms with Gasteiger partial charge in [-0.1, -0.05) is 6.92 Å². The summed E-state index contributed by atoms with van der Waals surface area (Å²) in [6.45, 7) is 10.0. The molecule has 0 spiro atoms. The first kappa shape index (κ1) is 14.8. The lowest BCUT2D eigenvalue weighted by Crippen LogP contribution is -2.51. The molecular weight excluding hydrogens is 240 g/mol. The van der Waals surface area contributed by atoms with E-state index in [9.17, 15) is 9.90 Å². The van der Waals surface area contributed by atoms with Gasteiger partial charge in [0.05, 0.1) is 12.1 Å². The van der Waals surface area contributed by atoms with Crippen molar-refractivity contribution in [1.29, 1.82) is 0 Å². The predicted octanol–water partition coefficient (Wildman–Crippen LogP) is 1.38. The summed E-state index contributed by atoms with van der Waals surface area (Å²) in [5.41, 5.74) is -0.138. The first-order chi connectivity index (χ1) is 8.84. The zero-order chi connectivity index (χ0) is 14.2. The van der Waals surface area contributed by atoms with E-state index in [1.54, 1.807) is 0 Å². The Morgan fingerprint density at radius 2 is 2.11 bits per heavy atom. The van der Waals surface area contributed by atoms with Crippen LogP contribution in [0.2, 0.25) is 0 Å². The number of aliphatic hydroxyl groups is 1. The Labute approximate surface area is 116 Å². The average molecular weight is 268 g/mol. The number of hydrogen-bond acceptors (Lipinski definition) is 3. The van der Waals surface area contributed by atoms with Crippen molar-refractivity contribution in [1.82, 2.24) is 10.2 Å². The minimum atomic E-state index is -0.155. The first-order valence-electron chi connectivity index (χ1n) is 7.58. The van der Waals surface area contributed by atoms with Crippen LogP contribution in [0.3, 0.4) is 0 Å². The van der Waals surface area contributed by atoms with Gasteiger partial charge >= 0.3 is 0 Å². The lowest BCUT2D eigenvalue weighted by Gasteiger charge is -2.30. The van der Waals surface area contributed by atoms with Crippen LogP contribution < -0.4 is 5.32 Å². The molecule has 4 nitrogen and oxygen atoms in total. The van der Waals surface area contributed by atoms with E-state index in [1.165, 1.54) is 0 Å². The number of nitrogens with zero attached hydrogens (tertiary/aromatic N) is 1. The molecule has 0 aromatic rings. The zero-order valence-corrected chi connectivity index (χ0v) is 12.6.